The average Bonchev–Trinajstić information content (AvgIpc) is 3.01. The van der Waals surface area contributed by atoms with Crippen molar-refractivity contribution in [3.63, 3.8) is 0 Å². The quantitative estimate of drug-likeness (QED) is 0.673. The van der Waals surface area contributed by atoms with Crippen LogP contribution in [-0.4, -0.2) is 23.9 Å². The minimum absolute atomic E-state index is 0.185. The molecule has 1 aliphatic heterocycles. The van der Waals surface area contributed by atoms with Crippen LogP contribution in [0.15, 0.2) is 77.9 Å². The predicted octanol–water partition coefficient (Wildman–Crippen LogP) is 4.37. The van der Waals surface area contributed by atoms with E-state index in [9.17, 15) is 4.79 Å². The van der Waals surface area contributed by atoms with Crippen LogP contribution in [0.2, 0.25) is 0 Å². The number of hydrazone groups is 1. The molecule has 24 heavy (non-hydrogen) atoms. The Labute approximate surface area is 140 Å². The van der Waals surface area contributed by atoms with Crippen LogP contribution in [0.25, 0.3) is 10.8 Å². The molecule has 4 heteroatoms. The maximum Gasteiger partial charge on any atom is 0.431 e. The largest absolute Gasteiger partial charge is 0.445 e. The number of carbonyl (C=O) groups is 1. The van der Waals surface area contributed by atoms with Crippen LogP contribution in [0, 0.1) is 0 Å². The van der Waals surface area contributed by atoms with Crippen molar-refractivity contribution in [1.29, 1.82) is 0 Å². The Morgan fingerprint density at radius 3 is 2.54 bits per heavy atom. The third-order valence-electron chi connectivity index (χ3n) is 4.14. The Morgan fingerprint density at radius 1 is 0.958 bits per heavy atom. The maximum atomic E-state index is 12.0. The van der Waals surface area contributed by atoms with Crippen LogP contribution in [-0.2, 0) is 4.74 Å². The molecule has 0 radical (unpaired) electrons. The van der Waals surface area contributed by atoms with Crippen molar-refractivity contribution in [3.05, 3.63) is 83.9 Å². The molecule has 0 aliphatic carbocycles. The molecular weight excluding hydrogens is 300 g/mol. The second kappa shape index (κ2) is 6.16. The predicted molar refractivity (Wildman–Crippen MR) is 93.9 cm³/mol. The number of carbonyl (C=O) groups excluding carboxylic acids is 1. The molecule has 0 aromatic heterocycles. The Balaban J connectivity index is 1.61. The number of ether oxygens (including phenoxy) is 1. The molecule has 3 aromatic rings. The fraction of sp³-hybridized carbons (Fsp3) is 0.100. The molecule has 0 unspecified atom stereocenters. The highest BCUT2D eigenvalue weighted by Crippen LogP contribution is 2.27. The van der Waals surface area contributed by atoms with Gasteiger partial charge in [0.05, 0.1) is 6.21 Å². The van der Waals surface area contributed by atoms with Gasteiger partial charge in [-0.15, -0.1) is 0 Å². The van der Waals surface area contributed by atoms with Gasteiger partial charge in [0.1, 0.15) is 12.6 Å². The molecule has 4 rings (SSSR count). The van der Waals surface area contributed by atoms with E-state index in [-0.39, 0.29) is 6.04 Å². The van der Waals surface area contributed by atoms with Crippen molar-refractivity contribution in [2.45, 2.75) is 6.04 Å². The monoisotopic (exact) mass is 316 g/mol. The smallest absolute Gasteiger partial charge is 0.431 e. The van der Waals surface area contributed by atoms with Crippen LogP contribution >= 0.6 is 0 Å². The third kappa shape index (κ3) is 2.74. The fourth-order valence-corrected chi connectivity index (χ4v) is 2.87. The molecule has 0 bridgehead atoms. The zero-order chi connectivity index (χ0) is 16.4. The molecule has 0 spiro atoms. The second-order valence-corrected chi connectivity index (χ2v) is 5.70. The molecule has 0 N–H and O–H groups in total. The van der Waals surface area contributed by atoms with Gasteiger partial charge in [-0.1, -0.05) is 66.7 Å². The molecule has 1 fully saturated rings. The summed E-state index contributed by atoms with van der Waals surface area (Å²) in [6.07, 6.45) is 1.29. The molecule has 4 nitrogen and oxygen atoms in total. The van der Waals surface area contributed by atoms with Crippen molar-refractivity contribution in [3.8, 4) is 0 Å². The number of rotatable bonds is 3. The normalized spacial score (nSPS) is 17.6. The minimum Gasteiger partial charge on any atom is -0.445 e. The summed E-state index contributed by atoms with van der Waals surface area (Å²) in [5.74, 6) is 0. The lowest BCUT2D eigenvalue weighted by molar-refractivity contribution is 0.159. The molecule has 1 amide bonds. The van der Waals surface area contributed by atoms with Crippen molar-refractivity contribution in [2.24, 2.45) is 5.10 Å². The zero-order valence-electron chi connectivity index (χ0n) is 13.0. The van der Waals surface area contributed by atoms with Gasteiger partial charge in [-0.25, -0.2) is 4.79 Å². The summed E-state index contributed by atoms with van der Waals surface area (Å²) in [7, 11) is 0. The van der Waals surface area contributed by atoms with Gasteiger partial charge >= 0.3 is 6.09 Å². The topological polar surface area (TPSA) is 41.9 Å². The highest BCUT2D eigenvalue weighted by atomic mass is 16.6. The van der Waals surface area contributed by atoms with Gasteiger partial charge in [-0.05, 0) is 28.0 Å². The van der Waals surface area contributed by atoms with E-state index in [0.29, 0.717) is 6.61 Å². The Kier molecular flexibility index (Phi) is 3.71. The van der Waals surface area contributed by atoms with Crippen molar-refractivity contribution in [2.75, 3.05) is 6.61 Å². The van der Waals surface area contributed by atoms with Crippen molar-refractivity contribution >= 4 is 23.1 Å². The average molecular weight is 316 g/mol. The van der Waals surface area contributed by atoms with E-state index in [0.717, 1.165) is 16.5 Å². The summed E-state index contributed by atoms with van der Waals surface area (Å²) >= 11 is 0. The molecule has 3 aromatic carbocycles. The van der Waals surface area contributed by atoms with E-state index in [2.05, 4.69) is 23.3 Å². The van der Waals surface area contributed by atoms with Gasteiger partial charge in [0, 0.05) is 0 Å². The van der Waals surface area contributed by atoms with Gasteiger partial charge in [0.25, 0.3) is 0 Å². The van der Waals surface area contributed by atoms with E-state index < -0.39 is 6.09 Å². The van der Waals surface area contributed by atoms with E-state index in [1.807, 2.05) is 54.6 Å². The first kappa shape index (κ1) is 14.5. The fourth-order valence-electron chi connectivity index (χ4n) is 2.87. The van der Waals surface area contributed by atoms with E-state index >= 15 is 0 Å². The minimum atomic E-state index is -0.416. The number of fused-ring (bicyclic) bond motifs is 1. The van der Waals surface area contributed by atoms with Crippen LogP contribution in [0.3, 0.4) is 0 Å². The maximum absolute atomic E-state index is 12.0. The van der Waals surface area contributed by atoms with Gasteiger partial charge in [-0.3, -0.25) is 0 Å². The molecule has 1 aliphatic rings. The highest BCUT2D eigenvalue weighted by molar-refractivity contribution is 5.90. The molecule has 1 saturated heterocycles. The molecule has 1 atom stereocenters. The lowest BCUT2D eigenvalue weighted by Crippen LogP contribution is -2.22. The number of hydrogen-bond acceptors (Lipinski definition) is 3. The summed E-state index contributed by atoms with van der Waals surface area (Å²) in [5.41, 5.74) is 1.96. The van der Waals surface area contributed by atoms with E-state index in [1.54, 1.807) is 6.21 Å². The van der Waals surface area contributed by atoms with Crippen LogP contribution < -0.4 is 0 Å². The number of nitrogens with zero attached hydrogens (tertiary/aromatic N) is 2. The number of amides is 1. The first-order valence-corrected chi connectivity index (χ1v) is 7.85. The van der Waals surface area contributed by atoms with Gasteiger partial charge in [-0.2, -0.15) is 10.1 Å². The summed E-state index contributed by atoms with van der Waals surface area (Å²) in [6, 6.07) is 23.9. The van der Waals surface area contributed by atoms with Gasteiger partial charge < -0.3 is 4.74 Å². The summed E-state index contributed by atoms with van der Waals surface area (Å²) in [5, 5.41) is 8.10. The van der Waals surface area contributed by atoms with Crippen molar-refractivity contribution in [1.82, 2.24) is 5.01 Å². The lowest BCUT2D eigenvalue weighted by Gasteiger charge is -2.16. The standard InChI is InChI=1S/C20H16N2O2/c23-20-22(19(14-24-20)17-7-2-1-3-8-17)21-13-15-10-11-16-6-4-5-9-18(16)12-15/h1-13,19H,14H2/b21-13+/t19-/m1/s1. The summed E-state index contributed by atoms with van der Waals surface area (Å²) < 4.78 is 5.16. The first-order valence-electron chi connectivity index (χ1n) is 7.85. The number of benzene rings is 3. The van der Waals surface area contributed by atoms with Crippen LogP contribution in [0.5, 0.6) is 0 Å². The second-order valence-electron chi connectivity index (χ2n) is 5.70. The Morgan fingerprint density at radius 2 is 1.71 bits per heavy atom. The summed E-state index contributed by atoms with van der Waals surface area (Å²) in [6.45, 7) is 0.317. The third-order valence-corrected chi connectivity index (χ3v) is 4.14. The van der Waals surface area contributed by atoms with Gasteiger partial charge in [0.15, 0.2) is 0 Å². The summed E-state index contributed by atoms with van der Waals surface area (Å²) in [4.78, 5) is 12.0. The number of hydrogen-bond donors (Lipinski definition) is 0. The first-order chi connectivity index (χ1) is 11.8. The molecule has 118 valence electrons. The SMILES string of the molecule is O=C1OC[C@H](c2ccccc2)N1/N=C/c1ccc2ccccc2c1. The Hall–Kier alpha value is -3.14. The molecule has 1 heterocycles. The number of cyclic esters (lactones) is 1. The van der Waals surface area contributed by atoms with Crippen molar-refractivity contribution < 1.29 is 9.53 Å². The zero-order valence-corrected chi connectivity index (χ0v) is 13.0. The van der Waals surface area contributed by atoms with Gasteiger partial charge in [0.2, 0.25) is 0 Å². The Bertz CT molecular complexity index is 906. The van der Waals surface area contributed by atoms with E-state index in [4.69, 9.17) is 4.74 Å². The van der Waals surface area contributed by atoms with Crippen LogP contribution in [0.1, 0.15) is 17.2 Å². The highest BCUT2D eigenvalue weighted by Gasteiger charge is 2.33. The molecular formula is C20H16N2O2. The lowest BCUT2D eigenvalue weighted by atomic mass is 10.1. The van der Waals surface area contributed by atoms with Crippen LogP contribution in [0.4, 0.5) is 4.79 Å². The van der Waals surface area contributed by atoms with E-state index in [1.165, 1.54) is 10.4 Å². The molecule has 0 saturated carbocycles.